The summed E-state index contributed by atoms with van der Waals surface area (Å²) >= 11 is 17.1. The molecule has 0 aliphatic rings. The molecule has 0 aliphatic heterocycles. The summed E-state index contributed by atoms with van der Waals surface area (Å²) in [5, 5.41) is 12.7. The minimum atomic E-state index is -1.20. The van der Waals surface area contributed by atoms with Gasteiger partial charge >= 0.3 is 5.97 Å². The zero-order chi connectivity index (χ0) is 23.6. The fraction of sp³-hybridized carbons (Fsp3) is 0.0909. The number of rotatable bonds is 6. The van der Waals surface area contributed by atoms with Crippen LogP contribution in [0.3, 0.4) is 0 Å². The van der Waals surface area contributed by atoms with E-state index in [4.69, 9.17) is 16.3 Å². The van der Waals surface area contributed by atoms with Crippen molar-refractivity contribution in [1.29, 1.82) is 0 Å². The summed E-state index contributed by atoms with van der Waals surface area (Å²) in [5.74, 6) is -1.29. The maximum atomic E-state index is 13.0. The maximum Gasteiger partial charge on any atom is 0.337 e. The summed E-state index contributed by atoms with van der Waals surface area (Å²) in [4.78, 5) is 24.9. The van der Waals surface area contributed by atoms with Gasteiger partial charge in [0.2, 0.25) is 0 Å². The molecule has 0 radical (unpaired) electrons. The highest BCUT2D eigenvalue weighted by molar-refractivity contribution is 14.1. The second-order valence-corrected chi connectivity index (χ2v) is 10.8. The Hall–Kier alpha value is -0.890. The maximum absolute atomic E-state index is 13.0. The van der Waals surface area contributed by atoms with Gasteiger partial charge in [0.1, 0.15) is 12.4 Å². The molecule has 3 aromatic carbocycles. The summed E-state index contributed by atoms with van der Waals surface area (Å²) in [6.07, 6.45) is 0. The molecule has 5 nitrogen and oxygen atoms in total. The largest absolute Gasteiger partial charge is 0.487 e. The van der Waals surface area contributed by atoms with Crippen molar-refractivity contribution in [1.82, 2.24) is 0 Å². The number of amides is 1. The summed E-state index contributed by atoms with van der Waals surface area (Å²) < 4.78 is 7.96. The van der Waals surface area contributed by atoms with Crippen LogP contribution in [0.2, 0.25) is 5.02 Å². The molecular formula is C22H14Br2ClI2NO4. The highest BCUT2D eigenvalue weighted by atomic mass is 127. The standard InChI is InChI=1S/C22H14Br2ClI2NO4/c1-10-4-2-3-5-11(10)9-32-14-7-6-12(8-13(14)25)28-21(29)15-16(22(30)31)19(26)18(24)20(27)17(15)23/h2-8H,9H2,1H3,(H,28,29)(H,30,31). The Balaban J connectivity index is 1.84. The highest BCUT2D eigenvalue weighted by Gasteiger charge is 2.28. The van der Waals surface area contributed by atoms with Gasteiger partial charge in [0, 0.05) is 21.8 Å². The van der Waals surface area contributed by atoms with Crippen LogP contribution in [0, 0.1) is 14.1 Å². The molecule has 0 bridgehead atoms. The van der Waals surface area contributed by atoms with Crippen molar-refractivity contribution in [3.63, 3.8) is 0 Å². The molecular weight excluding hydrogens is 791 g/mol. The monoisotopic (exact) mass is 803 g/mol. The minimum absolute atomic E-state index is 0.0329. The van der Waals surface area contributed by atoms with Crippen LogP contribution in [0.5, 0.6) is 5.75 Å². The normalized spacial score (nSPS) is 10.7. The van der Waals surface area contributed by atoms with Crippen molar-refractivity contribution in [2.24, 2.45) is 0 Å². The summed E-state index contributed by atoms with van der Waals surface area (Å²) in [7, 11) is 0. The van der Waals surface area contributed by atoms with Gasteiger partial charge in [-0.05, 0) is 113 Å². The molecule has 0 atom stereocenters. The number of hydrogen-bond acceptors (Lipinski definition) is 3. The van der Waals surface area contributed by atoms with Gasteiger partial charge in [-0.25, -0.2) is 4.79 Å². The Kier molecular flexibility index (Phi) is 8.86. The van der Waals surface area contributed by atoms with Crippen molar-refractivity contribution < 1.29 is 19.4 Å². The Bertz CT molecular complexity index is 1240. The molecule has 0 heterocycles. The lowest BCUT2D eigenvalue weighted by Crippen LogP contribution is -2.19. The van der Waals surface area contributed by atoms with Gasteiger partial charge in [0.05, 0.1) is 16.1 Å². The molecule has 0 aromatic heterocycles. The van der Waals surface area contributed by atoms with Gasteiger partial charge in [-0.2, -0.15) is 0 Å². The molecule has 32 heavy (non-hydrogen) atoms. The first-order chi connectivity index (χ1) is 15.1. The Morgan fingerprint density at radius 1 is 1.06 bits per heavy atom. The lowest BCUT2D eigenvalue weighted by Gasteiger charge is -2.15. The zero-order valence-electron chi connectivity index (χ0n) is 16.3. The summed E-state index contributed by atoms with van der Waals surface area (Å²) in [6.45, 7) is 2.37. The predicted molar refractivity (Wildman–Crippen MR) is 149 cm³/mol. The molecule has 3 rings (SSSR count). The molecule has 2 N–H and O–H groups in total. The van der Waals surface area contributed by atoms with E-state index in [9.17, 15) is 14.7 Å². The topological polar surface area (TPSA) is 75.6 Å². The van der Waals surface area contributed by atoms with Crippen LogP contribution >= 0.6 is 88.6 Å². The Morgan fingerprint density at radius 3 is 2.38 bits per heavy atom. The van der Waals surface area contributed by atoms with Crippen molar-refractivity contribution in [2.45, 2.75) is 13.5 Å². The Morgan fingerprint density at radius 2 is 1.75 bits per heavy atom. The van der Waals surface area contributed by atoms with E-state index in [1.54, 1.807) is 18.2 Å². The number of carboxylic acids is 1. The third kappa shape index (κ3) is 5.60. The van der Waals surface area contributed by atoms with Crippen LogP contribution in [0.1, 0.15) is 31.8 Å². The van der Waals surface area contributed by atoms with Crippen molar-refractivity contribution in [2.75, 3.05) is 5.32 Å². The number of carboxylic acid groups (broad SMARTS) is 1. The van der Waals surface area contributed by atoms with Gasteiger partial charge in [0.25, 0.3) is 5.91 Å². The Labute approximate surface area is 233 Å². The fourth-order valence-corrected chi connectivity index (χ4v) is 6.16. The zero-order valence-corrected chi connectivity index (χ0v) is 24.6. The SMILES string of the molecule is Cc1ccccc1COc1ccc(NC(=O)c2c(Br)c(I)c(Br)c(I)c2C(=O)O)cc1Cl. The van der Waals surface area contributed by atoms with E-state index in [1.165, 1.54) is 0 Å². The highest BCUT2D eigenvalue weighted by Crippen LogP contribution is 2.38. The molecule has 166 valence electrons. The van der Waals surface area contributed by atoms with Crippen LogP contribution in [-0.4, -0.2) is 17.0 Å². The molecule has 0 fully saturated rings. The third-order valence-corrected chi connectivity index (χ3v) is 10.8. The van der Waals surface area contributed by atoms with E-state index in [0.717, 1.165) is 11.1 Å². The quantitative estimate of drug-likeness (QED) is 0.151. The van der Waals surface area contributed by atoms with Crippen LogP contribution < -0.4 is 10.1 Å². The first-order valence-electron chi connectivity index (χ1n) is 8.99. The van der Waals surface area contributed by atoms with Gasteiger partial charge in [-0.15, -0.1) is 0 Å². The molecule has 0 spiro atoms. The predicted octanol–water partition coefficient (Wildman–Crippen LogP) is 7.91. The molecule has 0 saturated heterocycles. The second kappa shape index (κ2) is 11.0. The van der Waals surface area contributed by atoms with E-state index in [0.29, 0.717) is 39.2 Å². The molecule has 0 aliphatic carbocycles. The second-order valence-electron chi connectivity index (χ2n) is 6.63. The van der Waals surface area contributed by atoms with Crippen LogP contribution in [0.15, 0.2) is 51.4 Å². The van der Waals surface area contributed by atoms with Crippen molar-refractivity contribution >= 4 is 106 Å². The van der Waals surface area contributed by atoms with Crippen LogP contribution in [0.4, 0.5) is 5.69 Å². The molecule has 3 aromatic rings. The van der Waals surface area contributed by atoms with E-state index in [1.807, 2.05) is 76.4 Å². The van der Waals surface area contributed by atoms with E-state index >= 15 is 0 Å². The fourth-order valence-electron chi connectivity index (χ4n) is 2.86. The number of ether oxygens (including phenoxy) is 1. The number of carbonyl (C=O) groups excluding carboxylic acids is 1. The summed E-state index contributed by atoms with van der Waals surface area (Å²) in [6, 6.07) is 12.8. The lowest BCUT2D eigenvalue weighted by atomic mass is 10.1. The average Bonchev–Trinajstić information content (AvgIpc) is 2.74. The van der Waals surface area contributed by atoms with Gasteiger partial charge < -0.3 is 15.2 Å². The first kappa shape index (κ1) is 25.7. The number of benzene rings is 3. The van der Waals surface area contributed by atoms with Gasteiger partial charge in [-0.1, -0.05) is 35.9 Å². The number of halogens is 5. The van der Waals surface area contributed by atoms with Crippen molar-refractivity contribution in [3.05, 3.63) is 85.8 Å². The lowest BCUT2D eigenvalue weighted by molar-refractivity contribution is 0.0691. The third-order valence-electron chi connectivity index (χ3n) is 4.54. The molecule has 0 saturated carbocycles. The van der Waals surface area contributed by atoms with E-state index < -0.39 is 11.9 Å². The minimum Gasteiger partial charge on any atom is -0.487 e. The smallest absolute Gasteiger partial charge is 0.337 e. The first-order valence-corrected chi connectivity index (χ1v) is 13.1. The number of nitrogens with one attached hydrogen (secondary N) is 1. The number of aromatic carboxylic acids is 1. The number of anilines is 1. The van der Waals surface area contributed by atoms with Gasteiger partial charge in [0.15, 0.2) is 0 Å². The van der Waals surface area contributed by atoms with E-state index in [2.05, 4.69) is 37.2 Å². The van der Waals surface area contributed by atoms with Crippen LogP contribution in [-0.2, 0) is 6.61 Å². The van der Waals surface area contributed by atoms with Gasteiger partial charge in [-0.3, -0.25) is 4.79 Å². The van der Waals surface area contributed by atoms with E-state index in [-0.39, 0.29) is 11.1 Å². The number of aryl methyl sites for hydroxylation is 1. The number of carbonyl (C=O) groups is 2. The molecule has 1 amide bonds. The number of hydrogen-bond donors (Lipinski definition) is 2. The molecule has 10 heteroatoms. The van der Waals surface area contributed by atoms with Crippen molar-refractivity contribution in [3.8, 4) is 5.75 Å². The molecule has 0 unspecified atom stereocenters. The van der Waals surface area contributed by atoms with Crippen LogP contribution in [0.25, 0.3) is 0 Å². The average molecular weight is 805 g/mol. The summed E-state index contributed by atoms with van der Waals surface area (Å²) in [5.41, 5.74) is 2.52.